The molecule has 0 spiro atoms. The van der Waals surface area contributed by atoms with Crippen molar-refractivity contribution in [1.82, 2.24) is 10.6 Å². The number of hydrogen-bond acceptors (Lipinski definition) is 5. The Hall–Kier alpha value is -2.84. The van der Waals surface area contributed by atoms with Gasteiger partial charge in [0, 0.05) is 23.2 Å². The number of aliphatic hydroxyl groups excluding tert-OH is 1. The van der Waals surface area contributed by atoms with Crippen molar-refractivity contribution in [2.75, 3.05) is 19.9 Å². The molecule has 1 heterocycles. The summed E-state index contributed by atoms with van der Waals surface area (Å²) in [6, 6.07) is 12.0. The summed E-state index contributed by atoms with van der Waals surface area (Å²) in [4.78, 5) is 25.1. The van der Waals surface area contributed by atoms with Crippen molar-refractivity contribution in [3.8, 4) is 11.5 Å². The molecule has 0 aliphatic carbocycles. The van der Waals surface area contributed by atoms with Crippen LogP contribution < -0.4 is 20.1 Å². The quantitative estimate of drug-likeness (QED) is 0.448. The maximum Gasteiger partial charge on any atom is 0.267 e. The number of halogens is 1. The van der Waals surface area contributed by atoms with Crippen LogP contribution in [0.3, 0.4) is 0 Å². The first-order valence-electron chi connectivity index (χ1n) is 8.64. The Kier molecular flexibility index (Phi) is 6.67. The number of amides is 2. The fourth-order valence-corrected chi connectivity index (χ4v) is 2.76. The van der Waals surface area contributed by atoms with Crippen LogP contribution in [0.5, 0.6) is 11.5 Å². The van der Waals surface area contributed by atoms with Crippen molar-refractivity contribution >= 4 is 33.8 Å². The van der Waals surface area contributed by atoms with E-state index in [1.54, 1.807) is 48.5 Å². The van der Waals surface area contributed by atoms with Gasteiger partial charge in [0.1, 0.15) is 5.70 Å². The number of ether oxygens (including phenoxy) is 2. The van der Waals surface area contributed by atoms with Crippen molar-refractivity contribution in [2.45, 2.75) is 6.42 Å². The van der Waals surface area contributed by atoms with Crippen molar-refractivity contribution in [2.24, 2.45) is 0 Å². The van der Waals surface area contributed by atoms with Gasteiger partial charge < -0.3 is 25.2 Å². The van der Waals surface area contributed by atoms with E-state index in [2.05, 4.69) is 26.6 Å². The molecule has 0 fully saturated rings. The predicted molar refractivity (Wildman–Crippen MR) is 107 cm³/mol. The van der Waals surface area contributed by atoms with Crippen LogP contribution in [0.4, 0.5) is 0 Å². The third-order valence-electron chi connectivity index (χ3n) is 3.93. The molecule has 3 N–H and O–H groups in total. The maximum absolute atomic E-state index is 12.5. The second-order valence-corrected chi connectivity index (χ2v) is 6.88. The summed E-state index contributed by atoms with van der Waals surface area (Å²) in [7, 11) is 0. The smallest absolute Gasteiger partial charge is 0.267 e. The fraction of sp³-hybridized carbons (Fsp3) is 0.200. The third kappa shape index (κ3) is 5.11. The van der Waals surface area contributed by atoms with Gasteiger partial charge in [0.15, 0.2) is 11.5 Å². The van der Waals surface area contributed by atoms with Crippen LogP contribution in [-0.2, 0) is 4.79 Å². The van der Waals surface area contributed by atoms with E-state index < -0.39 is 11.8 Å². The summed E-state index contributed by atoms with van der Waals surface area (Å²) in [5.74, 6) is 0.353. The van der Waals surface area contributed by atoms with E-state index in [1.165, 1.54) is 0 Å². The van der Waals surface area contributed by atoms with E-state index in [0.29, 0.717) is 35.6 Å². The second-order valence-electron chi connectivity index (χ2n) is 5.96. The van der Waals surface area contributed by atoms with E-state index in [4.69, 9.17) is 14.6 Å². The number of hydrogen-bond donors (Lipinski definition) is 3. The first-order valence-corrected chi connectivity index (χ1v) is 9.43. The molecular weight excluding hydrogens is 428 g/mol. The Morgan fingerprint density at radius 3 is 2.61 bits per heavy atom. The number of carbonyl (C=O) groups is 2. The molecular formula is C20H19BrN2O5. The minimum atomic E-state index is -0.448. The van der Waals surface area contributed by atoms with Crippen LogP contribution in [-0.4, -0.2) is 36.9 Å². The Morgan fingerprint density at radius 1 is 1.11 bits per heavy atom. The van der Waals surface area contributed by atoms with Crippen LogP contribution >= 0.6 is 15.9 Å². The first kappa shape index (κ1) is 19.9. The largest absolute Gasteiger partial charge is 0.454 e. The SMILES string of the molecule is O=C(NCCCO)/C(=C\c1ccc2c(c1)OCO2)NC(=O)c1ccc(Br)cc1. The van der Waals surface area contributed by atoms with Crippen LogP contribution in [0.25, 0.3) is 6.08 Å². The van der Waals surface area contributed by atoms with Crippen LogP contribution in [0.15, 0.2) is 52.6 Å². The molecule has 2 aromatic rings. The van der Waals surface area contributed by atoms with E-state index in [9.17, 15) is 9.59 Å². The average Bonchev–Trinajstić information content (AvgIpc) is 3.16. The number of fused-ring (bicyclic) bond motifs is 1. The van der Waals surface area contributed by atoms with Crippen molar-refractivity contribution in [1.29, 1.82) is 0 Å². The third-order valence-corrected chi connectivity index (χ3v) is 4.46. The second kappa shape index (κ2) is 9.38. The topological polar surface area (TPSA) is 96.9 Å². The summed E-state index contributed by atoms with van der Waals surface area (Å²) >= 11 is 3.32. The van der Waals surface area contributed by atoms with Gasteiger partial charge in [-0.25, -0.2) is 0 Å². The van der Waals surface area contributed by atoms with Gasteiger partial charge in [0.25, 0.3) is 11.8 Å². The van der Waals surface area contributed by atoms with Gasteiger partial charge in [-0.3, -0.25) is 9.59 Å². The lowest BCUT2D eigenvalue weighted by Crippen LogP contribution is -2.35. The zero-order valence-electron chi connectivity index (χ0n) is 14.9. The van der Waals surface area contributed by atoms with Crippen molar-refractivity contribution in [3.05, 3.63) is 63.8 Å². The molecule has 0 saturated heterocycles. The standard InChI is InChI=1S/C20H19BrN2O5/c21-15-5-3-14(4-6-15)19(25)23-16(20(26)22-8-1-9-24)10-13-2-7-17-18(11-13)28-12-27-17/h2-7,10-11,24H,1,8-9,12H2,(H,22,26)(H,23,25)/b16-10+. The lowest BCUT2D eigenvalue weighted by atomic mass is 10.1. The van der Waals surface area contributed by atoms with Gasteiger partial charge in [-0.2, -0.15) is 0 Å². The van der Waals surface area contributed by atoms with Crippen LogP contribution in [0.2, 0.25) is 0 Å². The molecule has 0 unspecified atom stereocenters. The minimum absolute atomic E-state index is 0.0350. The fourth-order valence-electron chi connectivity index (χ4n) is 2.50. The number of aliphatic hydroxyl groups is 1. The monoisotopic (exact) mass is 446 g/mol. The molecule has 2 aromatic carbocycles. The molecule has 1 aliphatic heterocycles. The molecule has 0 aromatic heterocycles. The zero-order valence-corrected chi connectivity index (χ0v) is 16.5. The summed E-state index contributed by atoms with van der Waals surface area (Å²) in [6.45, 7) is 0.409. The Morgan fingerprint density at radius 2 is 1.86 bits per heavy atom. The number of benzene rings is 2. The molecule has 28 heavy (non-hydrogen) atoms. The summed E-state index contributed by atoms with van der Waals surface area (Å²) in [6.07, 6.45) is 1.98. The molecule has 0 saturated carbocycles. The molecule has 1 aliphatic rings. The molecule has 8 heteroatoms. The van der Waals surface area contributed by atoms with Gasteiger partial charge in [-0.05, 0) is 54.5 Å². The van der Waals surface area contributed by atoms with E-state index in [0.717, 1.165) is 4.47 Å². The van der Waals surface area contributed by atoms with Crippen LogP contribution in [0.1, 0.15) is 22.3 Å². The van der Waals surface area contributed by atoms with Gasteiger partial charge in [-0.1, -0.05) is 22.0 Å². The van der Waals surface area contributed by atoms with Crippen LogP contribution in [0, 0.1) is 0 Å². The van der Waals surface area contributed by atoms with E-state index in [1.807, 2.05) is 0 Å². The van der Waals surface area contributed by atoms with E-state index in [-0.39, 0.29) is 19.1 Å². The van der Waals surface area contributed by atoms with Crippen molar-refractivity contribution < 1.29 is 24.2 Å². The minimum Gasteiger partial charge on any atom is -0.454 e. The molecule has 0 radical (unpaired) electrons. The highest BCUT2D eigenvalue weighted by molar-refractivity contribution is 9.10. The maximum atomic E-state index is 12.5. The number of carbonyl (C=O) groups excluding carboxylic acids is 2. The number of rotatable bonds is 7. The lowest BCUT2D eigenvalue weighted by molar-refractivity contribution is -0.117. The lowest BCUT2D eigenvalue weighted by Gasteiger charge is -2.11. The highest BCUT2D eigenvalue weighted by Crippen LogP contribution is 2.33. The summed E-state index contributed by atoms with van der Waals surface area (Å²) in [5.41, 5.74) is 1.18. The Labute approximate surface area is 170 Å². The molecule has 0 atom stereocenters. The Balaban J connectivity index is 1.82. The molecule has 2 amide bonds. The van der Waals surface area contributed by atoms with Gasteiger partial charge in [0.2, 0.25) is 6.79 Å². The number of nitrogens with one attached hydrogen (secondary N) is 2. The molecule has 0 bridgehead atoms. The summed E-state index contributed by atoms with van der Waals surface area (Å²) < 4.78 is 11.5. The molecule has 7 nitrogen and oxygen atoms in total. The van der Waals surface area contributed by atoms with Crippen molar-refractivity contribution in [3.63, 3.8) is 0 Å². The van der Waals surface area contributed by atoms with E-state index >= 15 is 0 Å². The molecule has 146 valence electrons. The molecule has 3 rings (SSSR count). The predicted octanol–water partition coefficient (Wildman–Crippen LogP) is 2.45. The normalized spacial score (nSPS) is 12.6. The first-order chi connectivity index (χ1) is 13.6. The van der Waals surface area contributed by atoms with Gasteiger partial charge in [-0.15, -0.1) is 0 Å². The van der Waals surface area contributed by atoms with Gasteiger partial charge >= 0.3 is 0 Å². The average molecular weight is 447 g/mol. The highest BCUT2D eigenvalue weighted by Gasteiger charge is 2.16. The Bertz CT molecular complexity index is 896. The van der Waals surface area contributed by atoms with Gasteiger partial charge in [0.05, 0.1) is 0 Å². The summed E-state index contributed by atoms with van der Waals surface area (Å²) in [5, 5.41) is 14.2. The highest BCUT2D eigenvalue weighted by atomic mass is 79.9. The zero-order chi connectivity index (χ0) is 19.9.